The molecule has 0 unspecified atom stereocenters. The Bertz CT molecular complexity index is 466. The normalized spacial score (nSPS) is 14.6. The topological polar surface area (TPSA) is 36.4 Å². The van der Waals surface area contributed by atoms with Gasteiger partial charge in [-0.15, -0.1) is 0 Å². The van der Waals surface area contributed by atoms with E-state index in [0.29, 0.717) is 5.92 Å². The van der Waals surface area contributed by atoms with E-state index in [1.54, 1.807) is 0 Å². The van der Waals surface area contributed by atoms with Crippen molar-refractivity contribution < 1.29 is 0 Å². The molecule has 1 heterocycles. The molecule has 1 aliphatic heterocycles. The summed E-state index contributed by atoms with van der Waals surface area (Å²) in [6, 6.07) is 4.23. The number of halogens is 1. The van der Waals surface area contributed by atoms with Gasteiger partial charge in [0, 0.05) is 30.7 Å². The van der Waals surface area contributed by atoms with E-state index in [0.717, 1.165) is 41.6 Å². The highest BCUT2D eigenvalue weighted by atomic mass is 35.5. The zero-order valence-electron chi connectivity index (χ0n) is 11.2. The molecule has 0 radical (unpaired) electrons. The minimum absolute atomic E-state index is 0.419. The van der Waals surface area contributed by atoms with Crippen LogP contribution in [0, 0.1) is 0 Å². The smallest absolute Gasteiger partial charge is 0.101 e. The molecule has 0 saturated heterocycles. The molecular weight excluding hydrogens is 246 g/mol. The predicted octanol–water partition coefficient (Wildman–Crippen LogP) is 3.05. The van der Waals surface area contributed by atoms with Crippen LogP contribution in [-0.4, -0.2) is 26.0 Å². The van der Waals surface area contributed by atoms with Crippen LogP contribution < -0.4 is 10.6 Å². The first-order valence-corrected chi connectivity index (χ1v) is 6.77. The van der Waals surface area contributed by atoms with Crippen LogP contribution in [0.2, 0.25) is 5.02 Å². The first-order valence-electron chi connectivity index (χ1n) is 6.39. The Morgan fingerprint density at radius 1 is 1.44 bits per heavy atom. The van der Waals surface area contributed by atoms with Crippen molar-refractivity contribution in [2.24, 2.45) is 4.99 Å². The van der Waals surface area contributed by atoms with Crippen LogP contribution in [-0.2, 0) is 6.42 Å². The first kappa shape index (κ1) is 13.2. The Hall–Kier alpha value is -1.22. The van der Waals surface area contributed by atoms with Gasteiger partial charge in [-0.05, 0) is 29.2 Å². The number of anilines is 1. The average molecular weight is 266 g/mol. The molecule has 0 spiro atoms. The zero-order chi connectivity index (χ0) is 13.1. The highest BCUT2D eigenvalue weighted by Crippen LogP contribution is 2.31. The summed E-state index contributed by atoms with van der Waals surface area (Å²) in [5, 5.41) is 7.36. The standard InChI is InChI=1S/C14H20ClN3/c1-9(2)12-8-11(16-3)6-10(14(12)15)7-13-17-4-5-18-13/h6,8-9,16H,4-5,7H2,1-3H3,(H,17,18). The Morgan fingerprint density at radius 2 is 2.22 bits per heavy atom. The second-order valence-corrected chi connectivity index (χ2v) is 5.25. The van der Waals surface area contributed by atoms with Crippen LogP contribution in [0.4, 0.5) is 5.69 Å². The van der Waals surface area contributed by atoms with Gasteiger partial charge in [-0.25, -0.2) is 0 Å². The maximum absolute atomic E-state index is 6.50. The fraction of sp³-hybridized carbons (Fsp3) is 0.500. The van der Waals surface area contributed by atoms with E-state index in [-0.39, 0.29) is 0 Å². The lowest BCUT2D eigenvalue weighted by molar-refractivity contribution is 0.864. The molecule has 0 aliphatic carbocycles. The highest BCUT2D eigenvalue weighted by Gasteiger charge is 2.14. The van der Waals surface area contributed by atoms with Crippen molar-refractivity contribution in [2.45, 2.75) is 26.2 Å². The van der Waals surface area contributed by atoms with Crippen LogP contribution in [0.15, 0.2) is 17.1 Å². The molecule has 1 aliphatic rings. The summed E-state index contributed by atoms with van der Waals surface area (Å²) >= 11 is 6.50. The van der Waals surface area contributed by atoms with E-state index in [2.05, 4.69) is 41.6 Å². The van der Waals surface area contributed by atoms with Crippen molar-refractivity contribution >= 4 is 23.1 Å². The van der Waals surface area contributed by atoms with Gasteiger partial charge >= 0.3 is 0 Å². The molecule has 0 fully saturated rings. The molecule has 3 nitrogen and oxygen atoms in total. The molecule has 98 valence electrons. The highest BCUT2D eigenvalue weighted by molar-refractivity contribution is 6.32. The minimum atomic E-state index is 0.419. The molecular formula is C14H20ClN3. The van der Waals surface area contributed by atoms with E-state index in [1.165, 1.54) is 5.56 Å². The van der Waals surface area contributed by atoms with Gasteiger partial charge in [0.05, 0.1) is 6.54 Å². The Morgan fingerprint density at radius 3 is 2.78 bits per heavy atom. The Kier molecular flexibility index (Phi) is 4.12. The molecule has 0 amide bonds. The van der Waals surface area contributed by atoms with Crippen molar-refractivity contribution in [1.29, 1.82) is 0 Å². The van der Waals surface area contributed by atoms with Crippen LogP contribution in [0.25, 0.3) is 0 Å². The van der Waals surface area contributed by atoms with E-state index < -0.39 is 0 Å². The third-order valence-electron chi connectivity index (χ3n) is 3.19. The van der Waals surface area contributed by atoms with Gasteiger partial charge in [0.2, 0.25) is 0 Å². The fourth-order valence-electron chi connectivity index (χ4n) is 2.15. The number of nitrogens with one attached hydrogen (secondary N) is 2. The monoisotopic (exact) mass is 265 g/mol. The SMILES string of the molecule is CNc1cc(CC2=NCCN2)c(Cl)c(C(C)C)c1. The van der Waals surface area contributed by atoms with Gasteiger partial charge in [-0.3, -0.25) is 4.99 Å². The second kappa shape index (κ2) is 5.61. The molecule has 1 aromatic rings. The van der Waals surface area contributed by atoms with Crippen LogP contribution >= 0.6 is 11.6 Å². The summed E-state index contributed by atoms with van der Waals surface area (Å²) in [6.07, 6.45) is 0.786. The molecule has 4 heteroatoms. The molecule has 2 rings (SSSR count). The third-order valence-corrected chi connectivity index (χ3v) is 3.65. The molecule has 0 saturated carbocycles. The number of hydrogen-bond acceptors (Lipinski definition) is 3. The maximum atomic E-state index is 6.50. The van der Waals surface area contributed by atoms with Crippen LogP contribution in [0.3, 0.4) is 0 Å². The predicted molar refractivity (Wildman–Crippen MR) is 79.1 cm³/mol. The summed E-state index contributed by atoms with van der Waals surface area (Å²) in [6.45, 7) is 6.14. The fourth-order valence-corrected chi connectivity index (χ4v) is 2.54. The van der Waals surface area contributed by atoms with Crippen LogP contribution in [0.1, 0.15) is 30.9 Å². The summed E-state index contributed by atoms with van der Waals surface area (Å²) in [5.74, 6) is 1.46. The van der Waals surface area contributed by atoms with Gasteiger partial charge in [0.1, 0.15) is 5.84 Å². The lowest BCUT2D eigenvalue weighted by Crippen LogP contribution is -2.21. The number of rotatable bonds is 4. The average Bonchev–Trinajstić information content (AvgIpc) is 2.84. The van der Waals surface area contributed by atoms with E-state index in [1.807, 2.05) is 7.05 Å². The lowest BCUT2D eigenvalue weighted by Gasteiger charge is -2.15. The van der Waals surface area contributed by atoms with Crippen molar-refractivity contribution in [3.8, 4) is 0 Å². The summed E-state index contributed by atoms with van der Waals surface area (Å²) in [5.41, 5.74) is 3.44. The van der Waals surface area contributed by atoms with Gasteiger partial charge < -0.3 is 10.6 Å². The summed E-state index contributed by atoms with van der Waals surface area (Å²) in [7, 11) is 1.93. The largest absolute Gasteiger partial charge is 0.388 e. The lowest BCUT2D eigenvalue weighted by atomic mass is 9.98. The number of nitrogens with zero attached hydrogens (tertiary/aromatic N) is 1. The molecule has 2 N–H and O–H groups in total. The van der Waals surface area contributed by atoms with E-state index in [9.17, 15) is 0 Å². The second-order valence-electron chi connectivity index (χ2n) is 4.88. The molecule has 0 aromatic heterocycles. The van der Waals surface area contributed by atoms with Crippen molar-refractivity contribution in [3.05, 3.63) is 28.3 Å². The maximum Gasteiger partial charge on any atom is 0.101 e. The molecule has 0 bridgehead atoms. The molecule has 0 atom stereocenters. The van der Waals surface area contributed by atoms with Gasteiger partial charge in [-0.2, -0.15) is 0 Å². The van der Waals surface area contributed by atoms with Gasteiger partial charge in [0.15, 0.2) is 0 Å². The van der Waals surface area contributed by atoms with Crippen molar-refractivity contribution in [3.63, 3.8) is 0 Å². The van der Waals surface area contributed by atoms with Gasteiger partial charge in [-0.1, -0.05) is 25.4 Å². The number of aliphatic imine (C=N–C) groups is 1. The molecule has 18 heavy (non-hydrogen) atoms. The Balaban J connectivity index is 2.35. The van der Waals surface area contributed by atoms with Crippen molar-refractivity contribution in [2.75, 3.05) is 25.5 Å². The first-order chi connectivity index (χ1) is 8.61. The number of benzene rings is 1. The van der Waals surface area contributed by atoms with E-state index in [4.69, 9.17) is 11.6 Å². The van der Waals surface area contributed by atoms with Crippen LogP contribution in [0.5, 0.6) is 0 Å². The third kappa shape index (κ3) is 2.78. The summed E-state index contributed by atoms with van der Waals surface area (Å²) in [4.78, 5) is 4.43. The van der Waals surface area contributed by atoms with Crippen molar-refractivity contribution in [1.82, 2.24) is 5.32 Å². The number of amidine groups is 1. The molecule has 1 aromatic carbocycles. The quantitative estimate of drug-likeness (QED) is 0.878. The zero-order valence-corrected chi connectivity index (χ0v) is 11.9. The van der Waals surface area contributed by atoms with E-state index >= 15 is 0 Å². The minimum Gasteiger partial charge on any atom is -0.388 e. The Labute approximate surface area is 114 Å². The summed E-state index contributed by atoms with van der Waals surface area (Å²) < 4.78 is 0. The number of hydrogen-bond donors (Lipinski definition) is 2. The van der Waals surface area contributed by atoms with Gasteiger partial charge in [0.25, 0.3) is 0 Å².